The molecule has 1 atom stereocenters. The lowest BCUT2D eigenvalue weighted by Gasteiger charge is -2.34. The predicted molar refractivity (Wildman–Crippen MR) is 73.9 cm³/mol. The molecule has 1 aromatic carbocycles. The van der Waals surface area contributed by atoms with Crippen molar-refractivity contribution in [3.63, 3.8) is 0 Å². The molecule has 3 heteroatoms. The van der Waals surface area contributed by atoms with E-state index in [0.717, 1.165) is 12.2 Å². The van der Waals surface area contributed by atoms with Crippen LogP contribution in [0.1, 0.15) is 38.8 Å². The smallest absolute Gasteiger partial charge is 0.137 e. The Morgan fingerprint density at radius 3 is 2.53 bits per heavy atom. The molecule has 0 saturated heterocycles. The minimum absolute atomic E-state index is 0.188. The average molecular weight is 256 g/mol. The van der Waals surface area contributed by atoms with Gasteiger partial charge in [-0.3, -0.25) is 0 Å². The molecular weight excluding hydrogens is 234 g/mol. The first-order valence-electron chi connectivity index (χ1n) is 5.97. The maximum atomic E-state index is 6.05. The Labute approximate surface area is 109 Å². The zero-order valence-corrected chi connectivity index (χ0v) is 12.1. The van der Waals surface area contributed by atoms with Gasteiger partial charge in [-0.15, -0.1) is 0 Å². The molecule has 17 heavy (non-hydrogen) atoms. The number of nitrogens with one attached hydrogen (secondary N) is 1. The summed E-state index contributed by atoms with van der Waals surface area (Å²) in [6, 6.07) is 6.26. The molecule has 0 bridgehead atoms. The van der Waals surface area contributed by atoms with Gasteiger partial charge in [-0.1, -0.05) is 38.4 Å². The van der Waals surface area contributed by atoms with Crippen LogP contribution >= 0.6 is 11.6 Å². The molecule has 1 aromatic rings. The molecule has 1 N–H and O–H groups in total. The van der Waals surface area contributed by atoms with Gasteiger partial charge in [-0.2, -0.15) is 0 Å². The maximum Gasteiger partial charge on any atom is 0.137 e. The van der Waals surface area contributed by atoms with Gasteiger partial charge in [-0.05, 0) is 36.6 Å². The average Bonchev–Trinajstić information content (AvgIpc) is 2.31. The quantitative estimate of drug-likeness (QED) is 0.857. The standard InChI is InChI=1S/C14H22ClNO/c1-6-14(2,3)13(16-4)10-7-8-11(15)12(9-10)17-5/h7-9,13,16H,6H2,1-5H3. The summed E-state index contributed by atoms with van der Waals surface area (Å²) in [6.07, 6.45) is 1.10. The normalized spacial score (nSPS) is 13.5. The van der Waals surface area contributed by atoms with E-state index >= 15 is 0 Å². The summed E-state index contributed by atoms with van der Waals surface area (Å²) in [5.41, 5.74) is 1.40. The van der Waals surface area contributed by atoms with Crippen LogP contribution in [0, 0.1) is 5.41 Å². The predicted octanol–water partition coefficient (Wildman–Crippen LogP) is 4.05. The van der Waals surface area contributed by atoms with Crippen molar-refractivity contribution in [2.24, 2.45) is 5.41 Å². The number of rotatable bonds is 5. The van der Waals surface area contributed by atoms with E-state index in [1.54, 1.807) is 7.11 Å². The van der Waals surface area contributed by atoms with Crippen LogP contribution in [0.2, 0.25) is 5.02 Å². The third-order valence-electron chi connectivity index (χ3n) is 3.49. The number of hydrogen-bond acceptors (Lipinski definition) is 2. The van der Waals surface area contributed by atoms with Crippen molar-refractivity contribution < 1.29 is 4.74 Å². The highest BCUT2D eigenvalue weighted by Crippen LogP contribution is 2.38. The number of ether oxygens (including phenoxy) is 1. The van der Waals surface area contributed by atoms with E-state index in [9.17, 15) is 0 Å². The van der Waals surface area contributed by atoms with Gasteiger partial charge in [0.15, 0.2) is 0 Å². The van der Waals surface area contributed by atoms with Crippen LogP contribution in [0.15, 0.2) is 18.2 Å². The van der Waals surface area contributed by atoms with Crippen molar-refractivity contribution in [1.82, 2.24) is 5.32 Å². The molecule has 96 valence electrons. The summed E-state index contributed by atoms with van der Waals surface area (Å²) in [4.78, 5) is 0. The van der Waals surface area contributed by atoms with Crippen molar-refractivity contribution >= 4 is 11.6 Å². The van der Waals surface area contributed by atoms with Gasteiger partial charge in [0.05, 0.1) is 12.1 Å². The molecule has 0 aliphatic heterocycles. The van der Waals surface area contributed by atoms with E-state index in [0.29, 0.717) is 11.1 Å². The summed E-state index contributed by atoms with van der Waals surface area (Å²) in [5, 5.41) is 4.03. The molecule has 0 heterocycles. The fraction of sp³-hybridized carbons (Fsp3) is 0.571. The molecule has 0 saturated carbocycles. The van der Waals surface area contributed by atoms with Crippen LogP contribution in [0.3, 0.4) is 0 Å². The number of hydrogen-bond donors (Lipinski definition) is 1. The fourth-order valence-electron chi connectivity index (χ4n) is 2.07. The number of methoxy groups -OCH3 is 1. The van der Waals surface area contributed by atoms with Gasteiger partial charge in [0, 0.05) is 6.04 Å². The van der Waals surface area contributed by atoms with Crippen molar-refractivity contribution in [3.05, 3.63) is 28.8 Å². The second kappa shape index (κ2) is 5.74. The Morgan fingerprint density at radius 2 is 2.06 bits per heavy atom. The molecule has 0 aliphatic carbocycles. The van der Waals surface area contributed by atoms with Crippen LogP contribution < -0.4 is 10.1 Å². The lowest BCUT2D eigenvalue weighted by Crippen LogP contribution is -2.31. The minimum Gasteiger partial charge on any atom is -0.495 e. The molecule has 1 rings (SSSR count). The van der Waals surface area contributed by atoms with E-state index in [1.807, 2.05) is 19.2 Å². The zero-order valence-electron chi connectivity index (χ0n) is 11.3. The second-order valence-electron chi connectivity index (χ2n) is 4.96. The molecular formula is C14H22ClNO. The molecule has 0 amide bonds. The summed E-state index contributed by atoms with van der Waals surface area (Å²) in [7, 11) is 3.63. The topological polar surface area (TPSA) is 21.3 Å². The van der Waals surface area contributed by atoms with Gasteiger partial charge >= 0.3 is 0 Å². The van der Waals surface area contributed by atoms with Crippen LogP contribution in [-0.4, -0.2) is 14.2 Å². The van der Waals surface area contributed by atoms with Crippen LogP contribution in [0.25, 0.3) is 0 Å². The first kappa shape index (κ1) is 14.3. The second-order valence-corrected chi connectivity index (χ2v) is 5.37. The monoisotopic (exact) mass is 255 g/mol. The Bertz CT molecular complexity index is 376. The van der Waals surface area contributed by atoms with Crippen LogP contribution in [-0.2, 0) is 0 Å². The van der Waals surface area contributed by atoms with Crippen molar-refractivity contribution in [2.45, 2.75) is 33.2 Å². The third-order valence-corrected chi connectivity index (χ3v) is 3.80. The van der Waals surface area contributed by atoms with Crippen LogP contribution in [0.4, 0.5) is 0 Å². The molecule has 1 unspecified atom stereocenters. The fourth-order valence-corrected chi connectivity index (χ4v) is 2.26. The van der Waals surface area contributed by atoms with Gasteiger partial charge in [-0.25, -0.2) is 0 Å². The van der Waals surface area contributed by atoms with Crippen molar-refractivity contribution in [2.75, 3.05) is 14.2 Å². The summed E-state index contributed by atoms with van der Waals surface area (Å²) in [5.74, 6) is 0.733. The van der Waals surface area contributed by atoms with Crippen molar-refractivity contribution in [3.8, 4) is 5.75 Å². The highest BCUT2D eigenvalue weighted by Gasteiger charge is 2.28. The SMILES string of the molecule is CCC(C)(C)C(NC)c1ccc(Cl)c(OC)c1. The lowest BCUT2D eigenvalue weighted by molar-refractivity contribution is 0.245. The lowest BCUT2D eigenvalue weighted by atomic mass is 9.78. The van der Waals surface area contributed by atoms with Gasteiger partial charge in [0.1, 0.15) is 5.75 Å². The Hall–Kier alpha value is -0.730. The van der Waals surface area contributed by atoms with Gasteiger partial charge in [0.25, 0.3) is 0 Å². The summed E-state index contributed by atoms with van der Waals surface area (Å²) < 4.78 is 5.27. The maximum absolute atomic E-state index is 6.05. The molecule has 2 nitrogen and oxygen atoms in total. The van der Waals surface area contributed by atoms with E-state index in [1.165, 1.54) is 5.56 Å². The highest BCUT2D eigenvalue weighted by molar-refractivity contribution is 6.32. The van der Waals surface area contributed by atoms with Gasteiger partial charge in [0.2, 0.25) is 0 Å². The molecule has 0 aliphatic rings. The Kier molecular flexibility index (Phi) is 4.84. The highest BCUT2D eigenvalue weighted by atomic mass is 35.5. The molecule has 0 radical (unpaired) electrons. The van der Waals surface area contributed by atoms with E-state index in [4.69, 9.17) is 16.3 Å². The Morgan fingerprint density at radius 1 is 1.41 bits per heavy atom. The van der Waals surface area contributed by atoms with Crippen LogP contribution in [0.5, 0.6) is 5.75 Å². The summed E-state index contributed by atoms with van der Waals surface area (Å²) in [6.45, 7) is 6.72. The Balaban J connectivity index is 3.13. The molecule has 0 fully saturated rings. The first-order chi connectivity index (χ1) is 7.96. The third kappa shape index (κ3) is 3.14. The van der Waals surface area contributed by atoms with Gasteiger partial charge < -0.3 is 10.1 Å². The van der Waals surface area contributed by atoms with E-state index in [-0.39, 0.29) is 5.41 Å². The van der Waals surface area contributed by atoms with E-state index < -0.39 is 0 Å². The first-order valence-corrected chi connectivity index (χ1v) is 6.34. The summed E-state index contributed by atoms with van der Waals surface area (Å²) >= 11 is 6.05. The van der Waals surface area contributed by atoms with Crippen molar-refractivity contribution in [1.29, 1.82) is 0 Å². The largest absolute Gasteiger partial charge is 0.495 e. The van der Waals surface area contributed by atoms with E-state index in [2.05, 4.69) is 32.2 Å². The number of halogens is 1. The number of benzene rings is 1. The minimum atomic E-state index is 0.188. The molecule has 0 spiro atoms. The zero-order chi connectivity index (χ0) is 13.1. The molecule has 0 aromatic heterocycles.